The second kappa shape index (κ2) is 6.06. The Bertz CT molecular complexity index is 535. The van der Waals surface area contributed by atoms with Gasteiger partial charge in [-0.25, -0.2) is 4.79 Å². The van der Waals surface area contributed by atoms with E-state index in [1.54, 1.807) is 12.1 Å². The number of rotatable bonds is 6. The second-order valence-corrected chi connectivity index (χ2v) is 6.52. The van der Waals surface area contributed by atoms with Gasteiger partial charge in [0.25, 0.3) is 0 Å². The van der Waals surface area contributed by atoms with E-state index in [9.17, 15) is 14.7 Å². The Labute approximate surface area is 129 Å². The Hall–Kier alpha value is -1.55. The van der Waals surface area contributed by atoms with E-state index in [1.807, 2.05) is 26.0 Å². The average molecular weight is 310 g/mol. The van der Waals surface area contributed by atoms with Crippen LogP contribution in [0.2, 0.25) is 5.02 Å². The van der Waals surface area contributed by atoms with E-state index in [2.05, 4.69) is 5.32 Å². The molecule has 1 atom stereocenters. The Morgan fingerprint density at radius 2 is 1.86 bits per heavy atom. The highest BCUT2D eigenvalue weighted by atomic mass is 35.5. The van der Waals surface area contributed by atoms with Crippen molar-refractivity contribution < 1.29 is 14.7 Å². The normalized spacial score (nSPS) is 17.3. The molecule has 0 heterocycles. The summed E-state index contributed by atoms with van der Waals surface area (Å²) < 4.78 is 0. The van der Waals surface area contributed by atoms with E-state index in [4.69, 9.17) is 11.6 Å². The summed E-state index contributed by atoms with van der Waals surface area (Å²) in [4.78, 5) is 23.8. The lowest BCUT2D eigenvalue weighted by molar-refractivity contribution is -0.142. The standard InChI is InChI=1S/C16H20ClNO3/c1-10(2)9-13(14(19)20)18-15(21)16(7-8-16)11-3-5-12(17)6-4-11/h3-6,10,13H,7-9H2,1-2H3,(H,18,21)(H,19,20)/t13-/m0/s1. The molecule has 0 aromatic heterocycles. The number of amides is 1. The SMILES string of the molecule is CC(C)C[C@H](NC(=O)C1(c2ccc(Cl)cc2)CC1)C(=O)O. The molecule has 1 amide bonds. The highest BCUT2D eigenvalue weighted by Gasteiger charge is 2.51. The molecule has 2 rings (SSSR count). The van der Waals surface area contributed by atoms with Crippen molar-refractivity contribution in [2.24, 2.45) is 5.92 Å². The zero-order valence-electron chi connectivity index (χ0n) is 12.2. The third-order valence-corrected chi connectivity index (χ3v) is 4.14. The summed E-state index contributed by atoms with van der Waals surface area (Å²) >= 11 is 5.87. The van der Waals surface area contributed by atoms with Crippen molar-refractivity contribution in [1.29, 1.82) is 0 Å². The zero-order chi connectivity index (χ0) is 15.6. The van der Waals surface area contributed by atoms with Gasteiger partial charge in [0.15, 0.2) is 0 Å². The number of carboxylic acid groups (broad SMARTS) is 1. The van der Waals surface area contributed by atoms with Gasteiger partial charge in [-0.05, 0) is 42.9 Å². The smallest absolute Gasteiger partial charge is 0.326 e. The number of carbonyl (C=O) groups is 2. The largest absolute Gasteiger partial charge is 0.480 e. The summed E-state index contributed by atoms with van der Waals surface area (Å²) in [7, 11) is 0. The maximum Gasteiger partial charge on any atom is 0.326 e. The molecule has 0 aliphatic heterocycles. The van der Waals surface area contributed by atoms with Gasteiger partial charge in [-0.15, -0.1) is 0 Å². The molecule has 1 aliphatic carbocycles. The Morgan fingerprint density at radius 3 is 2.29 bits per heavy atom. The molecular formula is C16H20ClNO3. The maximum atomic E-state index is 12.5. The van der Waals surface area contributed by atoms with Crippen LogP contribution in [0.25, 0.3) is 0 Å². The Balaban J connectivity index is 2.11. The lowest BCUT2D eigenvalue weighted by Gasteiger charge is -2.21. The molecule has 5 heteroatoms. The summed E-state index contributed by atoms with van der Waals surface area (Å²) in [6.07, 6.45) is 1.92. The highest BCUT2D eigenvalue weighted by molar-refractivity contribution is 6.30. The molecule has 0 radical (unpaired) electrons. The Morgan fingerprint density at radius 1 is 1.29 bits per heavy atom. The van der Waals surface area contributed by atoms with Crippen molar-refractivity contribution >= 4 is 23.5 Å². The van der Waals surface area contributed by atoms with Gasteiger partial charge in [0, 0.05) is 5.02 Å². The minimum Gasteiger partial charge on any atom is -0.480 e. The predicted octanol–water partition coefficient (Wildman–Crippen LogP) is 2.99. The molecule has 0 spiro atoms. The minimum absolute atomic E-state index is 0.196. The lowest BCUT2D eigenvalue weighted by atomic mass is 9.94. The van der Waals surface area contributed by atoms with E-state index in [-0.39, 0.29) is 11.8 Å². The molecule has 1 aliphatic rings. The molecular weight excluding hydrogens is 290 g/mol. The van der Waals surface area contributed by atoms with Crippen molar-refractivity contribution in [2.75, 3.05) is 0 Å². The van der Waals surface area contributed by atoms with E-state index in [0.717, 1.165) is 18.4 Å². The van der Waals surface area contributed by atoms with E-state index >= 15 is 0 Å². The minimum atomic E-state index is -0.982. The number of carbonyl (C=O) groups excluding carboxylic acids is 1. The molecule has 0 unspecified atom stereocenters. The fraction of sp³-hybridized carbons (Fsp3) is 0.500. The summed E-state index contributed by atoms with van der Waals surface area (Å²) in [5, 5.41) is 12.5. The lowest BCUT2D eigenvalue weighted by Crippen LogP contribution is -2.46. The van der Waals surface area contributed by atoms with E-state index < -0.39 is 17.4 Å². The van der Waals surface area contributed by atoms with Gasteiger partial charge in [0.2, 0.25) is 5.91 Å². The van der Waals surface area contributed by atoms with E-state index in [1.165, 1.54) is 0 Å². The maximum absolute atomic E-state index is 12.5. The number of carboxylic acids is 1. The van der Waals surface area contributed by atoms with Crippen molar-refractivity contribution in [3.8, 4) is 0 Å². The molecule has 1 fully saturated rings. The highest BCUT2D eigenvalue weighted by Crippen LogP contribution is 2.48. The molecule has 114 valence electrons. The third-order valence-electron chi connectivity index (χ3n) is 3.89. The third kappa shape index (κ3) is 3.56. The summed E-state index contributed by atoms with van der Waals surface area (Å²) in [6.45, 7) is 3.88. The molecule has 4 nitrogen and oxygen atoms in total. The number of hydrogen-bond acceptors (Lipinski definition) is 2. The van der Waals surface area contributed by atoms with Crippen molar-refractivity contribution in [3.63, 3.8) is 0 Å². The van der Waals surface area contributed by atoms with Crippen LogP contribution in [-0.4, -0.2) is 23.0 Å². The number of halogens is 1. The molecule has 1 aromatic carbocycles. The van der Waals surface area contributed by atoms with Crippen LogP contribution < -0.4 is 5.32 Å². The van der Waals surface area contributed by atoms with Crippen LogP contribution in [0.3, 0.4) is 0 Å². The number of aliphatic carboxylic acids is 1. The van der Waals surface area contributed by atoms with Crippen LogP contribution in [-0.2, 0) is 15.0 Å². The van der Waals surface area contributed by atoms with Gasteiger partial charge in [-0.1, -0.05) is 37.6 Å². The number of benzene rings is 1. The first-order valence-corrected chi connectivity index (χ1v) is 7.53. The van der Waals surface area contributed by atoms with Crippen LogP contribution in [0, 0.1) is 5.92 Å². The zero-order valence-corrected chi connectivity index (χ0v) is 13.0. The quantitative estimate of drug-likeness (QED) is 0.849. The van der Waals surface area contributed by atoms with Crippen LogP contribution in [0.4, 0.5) is 0 Å². The van der Waals surface area contributed by atoms with Crippen LogP contribution in [0.1, 0.15) is 38.7 Å². The molecule has 1 aromatic rings. The molecule has 1 saturated carbocycles. The molecule has 0 saturated heterocycles. The van der Waals surface area contributed by atoms with Gasteiger partial charge >= 0.3 is 5.97 Å². The van der Waals surface area contributed by atoms with Crippen molar-refractivity contribution in [2.45, 2.75) is 44.6 Å². The number of hydrogen-bond donors (Lipinski definition) is 2. The fourth-order valence-corrected chi connectivity index (χ4v) is 2.66. The summed E-state index contributed by atoms with van der Waals surface area (Å²) in [5.41, 5.74) is 0.327. The fourth-order valence-electron chi connectivity index (χ4n) is 2.53. The van der Waals surface area contributed by atoms with Crippen molar-refractivity contribution in [1.82, 2.24) is 5.32 Å². The average Bonchev–Trinajstić information content (AvgIpc) is 3.19. The van der Waals surface area contributed by atoms with Crippen LogP contribution in [0.15, 0.2) is 24.3 Å². The summed E-state index contributed by atoms with van der Waals surface area (Å²) in [5.74, 6) is -0.973. The van der Waals surface area contributed by atoms with Gasteiger partial charge in [-0.3, -0.25) is 4.79 Å². The second-order valence-electron chi connectivity index (χ2n) is 6.08. The van der Waals surface area contributed by atoms with Gasteiger partial charge in [0.1, 0.15) is 6.04 Å². The monoisotopic (exact) mass is 309 g/mol. The summed E-state index contributed by atoms with van der Waals surface area (Å²) in [6, 6.07) is 6.36. The molecule has 21 heavy (non-hydrogen) atoms. The van der Waals surface area contributed by atoms with Gasteiger partial charge in [0.05, 0.1) is 5.41 Å². The topological polar surface area (TPSA) is 66.4 Å². The van der Waals surface area contributed by atoms with Crippen LogP contribution >= 0.6 is 11.6 Å². The van der Waals surface area contributed by atoms with Gasteiger partial charge < -0.3 is 10.4 Å². The first kappa shape index (κ1) is 15.8. The van der Waals surface area contributed by atoms with Crippen LogP contribution in [0.5, 0.6) is 0 Å². The van der Waals surface area contributed by atoms with E-state index in [0.29, 0.717) is 11.4 Å². The predicted molar refractivity (Wildman–Crippen MR) is 81.4 cm³/mol. The Kier molecular flexibility index (Phi) is 4.57. The number of nitrogens with one attached hydrogen (secondary N) is 1. The first-order chi connectivity index (χ1) is 9.85. The van der Waals surface area contributed by atoms with Crippen molar-refractivity contribution in [3.05, 3.63) is 34.9 Å². The first-order valence-electron chi connectivity index (χ1n) is 7.15. The van der Waals surface area contributed by atoms with Gasteiger partial charge in [-0.2, -0.15) is 0 Å². The molecule has 0 bridgehead atoms. The molecule has 2 N–H and O–H groups in total.